The van der Waals surface area contributed by atoms with Crippen LogP contribution in [0.3, 0.4) is 0 Å². The highest BCUT2D eigenvalue weighted by molar-refractivity contribution is 9.10. The molecule has 0 aromatic heterocycles. The van der Waals surface area contributed by atoms with Gasteiger partial charge in [-0.05, 0) is 53.2 Å². The lowest BCUT2D eigenvalue weighted by atomic mass is 10.1. The molecular weight excluding hydrogens is 330 g/mol. The Morgan fingerprint density at radius 2 is 1.81 bits per heavy atom. The Bertz CT molecular complexity index is 596. The van der Waals surface area contributed by atoms with Crippen molar-refractivity contribution in [1.29, 1.82) is 0 Å². The summed E-state index contributed by atoms with van der Waals surface area (Å²) in [4.78, 5) is 0. The smallest absolute Gasteiger partial charge is 0.175 e. The van der Waals surface area contributed by atoms with Crippen LogP contribution in [0.5, 0.6) is 11.5 Å². The summed E-state index contributed by atoms with van der Waals surface area (Å²) in [6, 6.07) is 12.4. The predicted molar refractivity (Wildman–Crippen MR) is 89.0 cm³/mol. The van der Waals surface area contributed by atoms with Crippen molar-refractivity contribution in [1.82, 2.24) is 5.32 Å². The Morgan fingerprint density at radius 1 is 1.10 bits per heavy atom. The number of benzene rings is 2. The number of hydrogen-bond acceptors (Lipinski definition) is 3. The lowest BCUT2D eigenvalue weighted by Gasteiger charge is -2.14. The molecule has 112 valence electrons. The van der Waals surface area contributed by atoms with Crippen molar-refractivity contribution in [2.75, 3.05) is 14.2 Å². The van der Waals surface area contributed by atoms with E-state index in [0.29, 0.717) is 6.61 Å². The van der Waals surface area contributed by atoms with Crippen molar-refractivity contribution in [2.45, 2.75) is 20.1 Å². The van der Waals surface area contributed by atoms with E-state index in [1.165, 1.54) is 5.56 Å². The molecule has 2 aromatic rings. The van der Waals surface area contributed by atoms with E-state index in [-0.39, 0.29) is 0 Å². The van der Waals surface area contributed by atoms with E-state index >= 15 is 0 Å². The van der Waals surface area contributed by atoms with E-state index in [1.54, 1.807) is 7.11 Å². The van der Waals surface area contributed by atoms with Gasteiger partial charge in [0.25, 0.3) is 0 Å². The van der Waals surface area contributed by atoms with Crippen LogP contribution < -0.4 is 14.8 Å². The number of hydrogen-bond donors (Lipinski definition) is 1. The van der Waals surface area contributed by atoms with Gasteiger partial charge in [0.05, 0.1) is 11.6 Å². The zero-order valence-corrected chi connectivity index (χ0v) is 14.2. The molecule has 0 atom stereocenters. The largest absolute Gasteiger partial charge is 0.493 e. The highest BCUT2D eigenvalue weighted by Gasteiger charge is 2.11. The number of ether oxygens (including phenoxy) is 2. The van der Waals surface area contributed by atoms with Crippen LogP contribution in [0.4, 0.5) is 0 Å². The minimum Gasteiger partial charge on any atom is -0.493 e. The normalized spacial score (nSPS) is 10.5. The fourth-order valence-electron chi connectivity index (χ4n) is 2.06. The summed E-state index contributed by atoms with van der Waals surface area (Å²) < 4.78 is 12.3. The predicted octanol–water partition coefficient (Wildman–Crippen LogP) is 4.06. The SMILES string of the molecule is CNCc1cc(Br)c(OCc2ccc(C)cc2)c(OC)c1. The third kappa shape index (κ3) is 4.22. The maximum absolute atomic E-state index is 5.93. The van der Waals surface area contributed by atoms with Crippen molar-refractivity contribution in [3.63, 3.8) is 0 Å². The first kappa shape index (κ1) is 15.9. The molecule has 0 aliphatic carbocycles. The Hall–Kier alpha value is -1.52. The van der Waals surface area contributed by atoms with Crippen molar-refractivity contribution >= 4 is 15.9 Å². The molecule has 0 spiro atoms. The summed E-state index contributed by atoms with van der Waals surface area (Å²) in [6.45, 7) is 3.37. The second-order valence-corrected chi connectivity index (χ2v) is 5.77. The fraction of sp³-hybridized carbons (Fsp3) is 0.294. The fourth-order valence-corrected chi connectivity index (χ4v) is 2.66. The van der Waals surface area contributed by atoms with Gasteiger partial charge < -0.3 is 14.8 Å². The van der Waals surface area contributed by atoms with Gasteiger partial charge in [-0.15, -0.1) is 0 Å². The maximum atomic E-state index is 5.93. The molecule has 0 aliphatic heterocycles. The first-order chi connectivity index (χ1) is 10.1. The average Bonchev–Trinajstić information content (AvgIpc) is 2.47. The first-order valence-electron chi connectivity index (χ1n) is 6.83. The zero-order chi connectivity index (χ0) is 15.2. The van der Waals surface area contributed by atoms with Gasteiger partial charge >= 0.3 is 0 Å². The summed E-state index contributed by atoms with van der Waals surface area (Å²) in [5.41, 5.74) is 3.52. The molecule has 2 rings (SSSR count). The van der Waals surface area contributed by atoms with Gasteiger partial charge in [-0.3, -0.25) is 0 Å². The molecule has 0 fully saturated rings. The van der Waals surface area contributed by atoms with Gasteiger partial charge in [-0.2, -0.15) is 0 Å². The molecule has 0 saturated heterocycles. The average molecular weight is 350 g/mol. The number of nitrogens with one attached hydrogen (secondary N) is 1. The van der Waals surface area contributed by atoms with Gasteiger partial charge in [0.15, 0.2) is 11.5 Å². The molecule has 0 heterocycles. The maximum Gasteiger partial charge on any atom is 0.175 e. The summed E-state index contributed by atoms with van der Waals surface area (Å²) >= 11 is 3.56. The number of aryl methyl sites for hydroxylation is 1. The van der Waals surface area contributed by atoms with E-state index in [0.717, 1.165) is 33.6 Å². The van der Waals surface area contributed by atoms with E-state index in [1.807, 2.05) is 19.2 Å². The van der Waals surface area contributed by atoms with Crippen molar-refractivity contribution in [3.05, 3.63) is 57.6 Å². The molecule has 0 bridgehead atoms. The van der Waals surface area contributed by atoms with Crippen LogP contribution in [0.15, 0.2) is 40.9 Å². The van der Waals surface area contributed by atoms with E-state index in [4.69, 9.17) is 9.47 Å². The van der Waals surface area contributed by atoms with Crippen LogP contribution in [0.2, 0.25) is 0 Å². The topological polar surface area (TPSA) is 30.5 Å². The monoisotopic (exact) mass is 349 g/mol. The molecule has 0 saturated carbocycles. The molecule has 3 nitrogen and oxygen atoms in total. The van der Waals surface area contributed by atoms with Gasteiger partial charge in [-0.25, -0.2) is 0 Å². The molecule has 4 heteroatoms. The zero-order valence-electron chi connectivity index (χ0n) is 12.6. The van der Waals surface area contributed by atoms with Crippen molar-refractivity contribution in [2.24, 2.45) is 0 Å². The van der Waals surface area contributed by atoms with Crippen molar-refractivity contribution < 1.29 is 9.47 Å². The van der Waals surface area contributed by atoms with Crippen LogP contribution in [0, 0.1) is 6.92 Å². The highest BCUT2D eigenvalue weighted by atomic mass is 79.9. The number of rotatable bonds is 6. The molecule has 0 radical (unpaired) electrons. The van der Waals surface area contributed by atoms with Gasteiger partial charge in [0, 0.05) is 6.54 Å². The summed E-state index contributed by atoms with van der Waals surface area (Å²) in [7, 11) is 3.58. The van der Waals surface area contributed by atoms with Crippen LogP contribution in [-0.4, -0.2) is 14.2 Å². The number of halogens is 1. The second kappa shape index (κ2) is 7.48. The van der Waals surface area contributed by atoms with E-state index < -0.39 is 0 Å². The molecule has 1 N–H and O–H groups in total. The molecule has 0 aliphatic rings. The molecular formula is C17H20BrNO2. The molecule has 0 amide bonds. The quantitative estimate of drug-likeness (QED) is 0.852. The van der Waals surface area contributed by atoms with Crippen LogP contribution in [-0.2, 0) is 13.2 Å². The molecule has 2 aromatic carbocycles. The molecule has 0 unspecified atom stereocenters. The van der Waals surface area contributed by atoms with Crippen LogP contribution in [0.1, 0.15) is 16.7 Å². The van der Waals surface area contributed by atoms with Gasteiger partial charge in [-0.1, -0.05) is 29.8 Å². The lowest BCUT2D eigenvalue weighted by Crippen LogP contribution is -2.06. The lowest BCUT2D eigenvalue weighted by molar-refractivity contribution is 0.282. The third-order valence-corrected chi connectivity index (χ3v) is 3.76. The minimum atomic E-state index is 0.514. The summed E-state index contributed by atoms with van der Waals surface area (Å²) in [5, 5.41) is 3.13. The Labute approximate surface area is 134 Å². The summed E-state index contributed by atoms with van der Waals surface area (Å²) in [6.07, 6.45) is 0. The Balaban J connectivity index is 2.16. The Kier molecular flexibility index (Phi) is 5.65. The van der Waals surface area contributed by atoms with Crippen LogP contribution >= 0.6 is 15.9 Å². The second-order valence-electron chi connectivity index (χ2n) is 4.91. The Morgan fingerprint density at radius 3 is 2.43 bits per heavy atom. The standard InChI is InChI=1S/C17H20BrNO2/c1-12-4-6-13(7-5-12)11-21-17-15(18)8-14(10-19-2)9-16(17)20-3/h4-9,19H,10-11H2,1-3H3. The third-order valence-electron chi connectivity index (χ3n) is 3.17. The minimum absolute atomic E-state index is 0.514. The molecule has 21 heavy (non-hydrogen) atoms. The van der Waals surface area contributed by atoms with Gasteiger partial charge in [0.2, 0.25) is 0 Å². The van der Waals surface area contributed by atoms with E-state index in [2.05, 4.69) is 52.4 Å². The van der Waals surface area contributed by atoms with Gasteiger partial charge in [0.1, 0.15) is 6.61 Å². The highest BCUT2D eigenvalue weighted by Crippen LogP contribution is 2.37. The first-order valence-corrected chi connectivity index (χ1v) is 7.62. The van der Waals surface area contributed by atoms with E-state index in [9.17, 15) is 0 Å². The van der Waals surface area contributed by atoms with Crippen molar-refractivity contribution in [3.8, 4) is 11.5 Å². The number of methoxy groups -OCH3 is 1. The summed E-state index contributed by atoms with van der Waals surface area (Å²) in [5.74, 6) is 1.47. The van der Waals surface area contributed by atoms with Crippen LogP contribution in [0.25, 0.3) is 0 Å².